The summed E-state index contributed by atoms with van der Waals surface area (Å²) in [6.45, 7) is 4.34. The van der Waals surface area contributed by atoms with Gasteiger partial charge >= 0.3 is 0 Å². The lowest BCUT2D eigenvalue weighted by atomic mass is 10.1. The van der Waals surface area contributed by atoms with Crippen LogP contribution in [0.1, 0.15) is 28.4 Å². The molecule has 0 aliphatic rings. The first kappa shape index (κ1) is 15.4. The molecule has 0 heterocycles. The molecule has 1 amide bonds. The fraction of sp³-hybridized carbons (Fsp3) is 0.235. The molecule has 0 aliphatic heterocycles. The van der Waals surface area contributed by atoms with Crippen LogP contribution in [0.5, 0.6) is 0 Å². The monoisotopic (exact) mass is 301 g/mol. The largest absolute Gasteiger partial charge is 0.348 e. The Morgan fingerprint density at radius 1 is 1.10 bits per heavy atom. The standard InChI is InChI=1S/C17H19NO2S/c1-3-21(20)16-7-5-4-6-15(16)17(19)18-12-14-10-8-13(2)9-11-14/h4-11H,3,12H2,1-2H3,(H,18,19)/t21-/m0/s1. The van der Waals surface area contributed by atoms with E-state index >= 15 is 0 Å². The van der Waals surface area contributed by atoms with E-state index in [2.05, 4.69) is 5.32 Å². The molecule has 110 valence electrons. The van der Waals surface area contributed by atoms with Crippen LogP contribution in [-0.4, -0.2) is 15.9 Å². The van der Waals surface area contributed by atoms with Crippen LogP contribution in [0.25, 0.3) is 0 Å². The summed E-state index contributed by atoms with van der Waals surface area (Å²) in [6, 6.07) is 15.1. The summed E-state index contributed by atoms with van der Waals surface area (Å²) in [5.74, 6) is 0.315. The van der Waals surface area contributed by atoms with Crippen molar-refractivity contribution in [1.82, 2.24) is 5.32 Å². The molecule has 3 nitrogen and oxygen atoms in total. The molecule has 2 aromatic rings. The summed E-state index contributed by atoms with van der Waals surface area (Å²) in [7, 11) is -1.13. The number of nitrogens with one attached hydrogen (secondary N) is 1. The summed E-state index contributed by atoms with van der Waals surface area (Å²) in [4.78, 5) is 12.9. The first-order valence-electron chi connectivity index (χ1n) is 6.93. The Labute approximate surface area is 127 Å². The van der Waals surface area contributed by atoms with Gasteiger partial charge in [0, 0.05) is 12.3 Å². The minimum Gasteiger partial charge on any atom is -0.348 e. The van der Waals surface area contributed by atoms with Crippen molar-refractivity contribution in [3.05, 3.63) is 65.2 Å². The summed E-state index contributed by atoms with van der Waals surface area (Å²) < 4.78 is 12.0. The van der Waals surface area contributed by atoms with Crippen LogP contribution in [-0.2, 0) is 17.3 Å². The summed E-state index contributed by atoms with van der Waals surface area (Å²) in [6.07, 6.45) is 0. The number of hydrogen-bond acceptors (Lipinski definition) is 2. The van der Waals surface area contributed by atoms with E-state index in [1.807, 2.05) is 38.1 Å². The van der Waals surface area contributed by atoms with E-state index < -0.39 is 10.8 Å². The molecule has 2 rings (SSSR count). The predicted octanol–water partition coefficient (Wildman–Crippen LogP) is 3.05. The van der Waals surface area contributed by atoms with Gasteiger partial charge in [-0.15, -0.1) is 0 Å². The van der Waals surface area contributed by atoms with Crippen LogP contribution in [0.2, 0.25) is 0 Å². The van der Waals surface area contributed by atoms with Crippen LogP contribution in [0, 0.1) is 6.92 Å². The van der Waals surface area contributed by atoms with E-state index in [1.165, 1.54) is 5.56 Å². The molecule has 0 radical (unpaired) electrons. The highest BCUT2D eigenvalue weighted by Gasteiger charge is 2.14. The number of benzene rings is 2. The molecule has 1 N–H and O–H groups in total. The topological polar surface area (TPSA) is 46.2 Å². The number of aryl methyl sites for hydroxylation is 1. The molecule has 21 heavy (non-hydrogen) atoms. The van der Waals surface area contributed by atoms with Crippen molar-refractivity contribution >= 4 is 16.7 Å². The van der Waals surface area contributed by atoms with Crippen LogP contribution in [0.15, 0.2) is 53.4 Å². The van der Waals surface area contributed by atoms with Crippen LogP contribution < -0.4 is 5.32 Å². The van der Waals surface area contributed by atoms with Gasteiger partial charge in [-0.05, 0) is 24.6 Å². The molecule has 0 bridgehead atoms. The first-order valence-corrected chi connectivity index (χ1v) is 8.25. The Hall–Kier alpha value is -1.94. The van der Waals surface area contributed by atoms with Crippen molar-refractivity contribution in [3.8, 4) is 0 Å². The third-order valence-corrected chi connectivity index (χ3v) is 4.58. The van der Waals surface area contributed by atoms with E-state index in [4.69, 9.17) is 0 Å². The minimum atomic E-state index is -1.13. The predicted molar refractivity (Wildman–Crippen MR) is 85.7 cm³/mol. The molecular weight excluding hydrogens is 282 g/mol. The highest BCUT2D eigenvalue weighted by molar-refractivity contribution is 7.85. The van der Waals surface area contributed by atoms with E-state index in [-0.39, 0.29) is 5.91 Å². The summed E-state index contributed by atoms with van der Waals surface area (Å²) in [5, 5.41) is 2.88. The number of carbonyl (C=O) groups excluding carboxylic acids is 1. The summed E-state index contributed by atoms with van der Waals surface area (Å²) in [5.41, 5.74) is 2.72. The van der Waals surface area contributed by atoms with Crippen LogP contribution >= 0.6 is 0 Å². The SMILES string of the molecule is CC[S@](=O)c1ccccc1C(=O)NCc1ccc(C)cc1. The lowest BCUT2D eigenvalue weighted by Crippen LogP contribution is -2.24. The number of rotatable bonds is 5. The Bertz CT molecular complexity index is 650. The van der Waals surface area contributed by atoms with Crippen molar-refractivity contribution in [3.63, 3.8) is 0 Å². The maximum atomic E-state index is 12.3. The number of hydrogen-bond donors (Lipinski definition) is 1. The highest BCUT2D eigenvalue weighted by Crippen LogP contribution is 2.14. The van der Waals surface area contributed by atoms with Crippen molar-refractivity contribution in [2.75, 3.05) is 5.75 Å². The molecule has 0 aromatic heterocycles. The smallest absolute Gasteiger partial charge is 0.252 e. The Morgan fingerprint density at radius 2 is 1.76 bits per heavy atom. The molecular formula is C17H19NO2S. The molecule has 1 atom stereocenters. The fourth-order valence-corrected chi connectivity index (χ4v) is 2.94. The molecule has 2 aromatic carbocycles. The van der Waals surface area contributed by atoms with Gasteiger partial charge in [-0.25, -0.2) is 0 Å². The van der Waals surface area contributed by atoms with Crippen molar-refractivity contribution in [1.29, 1.82) is 0 Å². The van der Waals surface area contributed by atoms with Gasteiger partial charge in [0.15, 0.2) is 0 Å². The second kappa shape index (κ2) is 7.18. The molecule has 0 aliphatic carbocycles. The van der Waals surface area contributed by atoms with Gasteiger partial charge in [0.2, 0.25) is 0 Å². The molecule has 0 unspecified atom stereocenters. The maximum absolute atomic E-state index is 12.3. The minimum absolute atomic E-state index is 0.187. The zero-order chi connectivity index (χ0) is 15.2. The van der Waals surface area contributed by atoms with E-state index in [0.717, 1.165) is 5.56 Å². The molecule has 0 saturated heterocycles. The van der Waals surface area contributed by atoms with Gasteiger partial charge < -0.3 is 5.32 Å². The molecule has 0 fully saturated rings. The van der Waals surface area contributed by atoms with Crippen LogP contribution in [0.3, 0.4) is 0 Å². The molecule has 0 saturated carbocycles. The number of amides is 1. The van der Waals surface area contributed by atoms with Gasteiger partial charge in [0.1, 0.15) is 0 Å². The van der Waals surface area contributed by atoms with Gasteiger partial charge in [-0.1, -0.05) is 48.9 Å². The van der Waals surface area contributed by atoms with E-state index in [0.29, 0.717) is 22.8 Å². The van der Waals surface area contributed by atoms with E-state index in [9.17, 15) is 9.00 Å². The van der Waals surface area contributed by atoms with Gasteiger partial charge in [0.05, 0.1) is 21.3 Å². The quantitative estimate of drug-likeness (QED) is 0.922. The second-order valence-corrected chi connectivity index (χ2v) is 6.51. The Morgan fingerprint density at radius 3 is 2.43 bits per heavy atom. The Kier molecular flexibility index (Phi) is 5.28. The highest BCUT2D eigenvalue weighted by atomic mass is 32.2. The average Bonchev–Trinajstić information content (AvgIpc) is 2.53. The van der Waals surface area contributed by atoms with Gasteiger partial charge in [0.25, 0.3) is 5.91 Å². The van der Waals surface area contributed by atoms with E-state index in [1.54, 1.807) is 24.3 Å². The van der Waals surface area contributed by atoms with Crippen molar-refractivity contribution < 1.29 is 9.00 Å². The molecule has 4 heteroatoms. The maximum Gasteiger partial charge on any atom is 0.252 e. The number of carbonyl (C=O) groups is 1. The second-order valence-electron chi connectivity index (χ2n) is 4.80. The Balaban J connectivity index is 2.10. The lowest BCUT2D eigenvalue weighted by molar-refractivity contribution is 0.0948. The normalized spacial score (nSPS) is 11.9. The first-order chi connectivity index (χ1) is 10.1. The van der Waals surface area contributed by atoms with Crippen LogP contribution in [0.4, 0.5) is 0 Å². The van der Waals surface area contributed by atoms with Gasteiger partial charge in [-0.3, -0.25) is 9.00 Å². The third-order valence-electron chi connectivity index (χ3n) is 3.21. The average molecular weight is 301 g/mol. The molecule has 0 spiro atoms. The third kappa shape index (κ3) is 4.02. The zero-order valence-electron chi connectivity index (χ0n) is 12.3. The summed E-state index contributed by atoms with van der Waals surface area (Å²) >= 11 is 0. The lowest BCUT2D eigenvalue weighted by Gasteiger charge is -2.09. The van der Waals surface area contributed by atoms with Crippen molar-refractivity contribution in [2.45, 2.75) is 25.3 Å². The van der Waals surface area contributed by atoms with Gasteiger partial charge in [-0.2, -0.15) is 0 Å². The fourth-order valence-electron chi connectivity index (χ4n) is 1.99. The van der Waals surface area contributed by atoms with Crippen molar-refractivity contribution in [2.24, 2.45) is 0 Å². The zero-order valence-corrected chi connectivity index (χ0v) is 13.1.